The van der Waals surface area contributed by atoms with Crippen molar-refractivity contribution < 1.29 is 18.0 Å². The van der Waals surface area contributed by atoms with Crippen LogP contribution in [0.25, 0.3) is 0 Å². The maximum Gasteiger partial charge on any atom is 0.281 e. The Balaban J connectivity index is 2.02. The van der Waals surface area contributed by atoms with E-state index in [-0.39, 0.29) is 23.8 Å². The van der Waals surface area contributed by atoms with E-state index in [0.717, 1.165) is 6.42 Å². The van der Waals surface area contributed by atoms with Gasteiger partial charge in [0.05, 0.1) is 11.3 Å². The molecule has 1 aliphatic rings. The lowest BCUT2D eigenvalue weighted by atomic mass is 9.97. The molecule has 0 bridgehead atoms. The molecule has 2 N–H and O–H groups in total. The zero-order valence-corrected chi connectivity index (χ0v) is 17.8. The Hall–Kier alpha value is -1.97. The molecule has 156 valence electrons. The second-order valence-corrected chi connectivity index (χ2v) is 9.42. The normalized spacial score (nSPS) is 17.3. The fourth-order valence-corrected chi connectivity index (χ4v) is 4.14. The van der Waals surface area contributed by atoms with Crippen LogP contribution in [-0.2, 0) is 15.0 Å². The quantitative estimate of drug-likeness (QED) is 0.714. The average Bonchev–Trinajstić information content (AvgIpc) is 2.68. The first-order valence-corrected chi connectivity index (χ1v) is 10.9. The molecule has 2 rings (SSSR count). The van der Waals surface area contributed by atoms with Gasteiger partial charge in [0.25, 0.3) is 16.1 Å². The maximum absolute atomic E-state index is 12.7. The number of para-hydroxylation sites is 1. The van der Waals surface area contributed by atoms with Crippen LogP contribution in [0.4, 0.5) is 5.69 Å². The Morgan fingerprint density at radius 3 is 2.39 bits per heavy atom. The minimum atomic E-state index is -3.46. The van der Waals surface area contributed by atoms with Gasteiger partial charge in [-0.15, -0.1) is 0 Å². The van der Waals surface area contributed by atoms with Crippen molar-refractivity contribution in [2.45, 2.75) is 39.2 Å². The number of rotatable bonds is 7. The summed E-state index contributed by atoms with van der Waals surface area (Å²) in [5, 5.41) is 5.75. The van der Waals surface area contributed by atoms with E-state index in [1.54, 1.807) is 24.3 Å². The van der Waals surface area contributed by atoms with Crippen LogP contribution in [0.15, 0.2) is 24.3 Å². The van der Waals surface area contributed by atoms with Crippen molar-refractivity contribution in [1.29, 1.82) is 0 Å². The van der Waals surface area contributed by atoms with E-state index >= 15 is 0 Å². The molecule has 28 heavy (non-hydrogen) atoms. The van der Waals surface area contributed by atoms with Crippen molar-refractivity contribution in [3.63, 3.8) is 0 Å². The van der Waals surface area contributed by atoms with E-state index in [1.807, 2.05) is 13.8 Å². The Morgan fingerprint density at radius 2 is 1.82 bits per heavy atom. The molecule has 1 fully saturated rings. The highest BCUT2D eigenvalue weighted by Gasteiger charge is 2.32. The van der Waals surface area contributed by atoms with Gasteiger partial charge in [-0.1, -0.05) is 19.1 Å². The molecule has 1 heterocycles. The molecule has 1 unspecified atom stereocenters. The third-order valence-electron chi connectivity index (χ3n) is 5.03. The van der Waals surface area contributed by atoms with Crippen LogP contribution in [-0.4, -0.2) is 62.1 Å². The summed E-state index contributed by atoms with van der Waals surface area (Å²) >= 11 is 0. The maximum atomic E-state index is 12.7. The minimum absolute atomic E-state index is 0.0410. The predicted octanol–water partition coefficient (Wildman–Crippen LogP) is 1.67. The molecule has 0 radical (unpaired) electrons. The van der Waals surface area contributed by atoms with Gasteiger partial charge in [-0.05, 0) is 38.3 Å². The molecule has 0 aliphatic carbocycles. The summed E-state index contributed by atoms with van der Waals surface area (Å²) in [5.41, 5.74) is 0.889. The second-order valence-electron chi connectivity index (χ2n) is 7.28. The van der Waals surface area contributed by atoms with E-state index in [2.05, 4.69) is 10.6 Å². The molecule has 0 aromatic heterocycles. The molecule has 9 heteroatoms. The Labute approximate surface area is 167 Å². The van der Waals surface area contributed by atoms with Crippen molar-refractivity contribution in [2.24, 2.45) is 5.92 Å². The van der Waals surface area contributed by atoms with E-state index < -0.39 is 10.2 Å². The molecule has 0 spiro atoms. The number of nitrogens with zero attached hydrogens (tertiary/aromatic N) is 2. The Kier molecular flexibility index (Phi) is 7.56. The van der Waals surface area contributed by atoms with Gasteiger partial charge in [-0.25, -0.2) is 0 Å². The molecule has 2 amide bonds. The van der Waals surface area contributed by atoms with Gasteiger partial charge in [0.2, 0.25) is 5.91 Å². The Bertz CT molecular complexity index is 802. The number of hydrogen-bond acceptors (Lipinski definition) is 4. The number of anilines is 1. The van der Waals surface area contributed by atoms with Crippen LogP contribution >= 0.6 is 0 Å². The summed E-state index contributed by atoms with van der Waals surface area (Å²) in [6.45, 7) is 4.51. The highest BCUT2D eigenvalue weighted by molar-refractivity contribution is 7.86. The molecule has 8 nitrogen and oxygen atoms in total. The zero-order valence-electron chi connectivity index (χ0n) is 16.9. The molecular weight excluding hydrogens is 380 g/mol. The first kappa shape index (κ1) is 22.3. The zero-order chi connectivity index (χ0) is 20.9. The fourth-order valence-electron chi connectivity index (χ4n) is 3.01. The molecular formula is C19H30N4O4S. The van der Waals surface area contributed by atoms with Gasteiger partial charge >= 0.3 is 0 Å². The lowest BCUT2D eigenvalue weighted by molar-refractivity contribution is -0.120. The van der Waals surface area contributed by atoms with Crippen LogP contribution in [0, 0.1) is 5.92 Å². The molecule has 1 atom stereocenters. The number of piperidine rings is 1. The highest BCUT2D eigenvalue weighted by Crippen LogP contribution is 2.23. The molecule has 1 aliphatic heterocycles. The number of nitrogens with one attached hydrogen (secondary N) is 2. The summed E-state index contributed by atoms with van der Waals surface area (Å²) < 4.78 is 27.0. The summed E-state index contributed by atoms with van der Waals surface area (Å²) in [6.07, 6.45) is 1.70. The first-order valence-electron chi connectivity index (χ1n) is 9.55. The van der Waals surface area contributed by atoms with Gasteiger partial charge in [0.15, 0.2) is 0 Å². The van der Waals surface area contributed by atoms with E-state index in [9.17, 15) is 18.0 Å². The predicted molar refractivity (Wildman–Crippen MR) is 109 cm³/mol. The molecule has 1 aromatic rings. The third kappa shape index (κ3) is 5.30. The minimum Gasteiger partial charge on any atom is -0.350 e. The van der Waals surface area contributed by atoms with Gasteiger partial charge in [-0.2, -0.15) is 17.0 Å². The van der Waals surface area contributed by atoms with Crippen LogP contribution in [0.5, 0.6) is 0 Å². The van der Waals surface area contributed by atoms with E-state index in [1.165, 1.54) is 22.7 Å². The van der Waals surface area contributed by atoms with Crippen molar-refractivity contribution in [2.75, 3.05) is 32.5 Å². The molecule has 0 saturated carbocycles. The largest absolute Gasteiger partial charge is 0.350 e. The number of benzene rings is 1. The number of amides is 2. The van der Waals surface area contributed by atoms with Crippen molar-refractivity contribution in [3.8, 4) is 0 Å². The van der Waals surface area contributed by atoms with Crippen LogP contribution in [0.1, 0.15) is 43.5 Å². The van der Waals surface area contributed by atoms with E-state index in [0.29, 0.717) is 37.2 Å². The highest BCUT2D eigenvalue weighted by atomic mass is 32.2. The monoisotopic (exact) mass is 410 g/mol. The van der Waals surface area contributed by atoms with Crippen LogP contribution in [0.2, 0.25) is 0 Å². The van der Waals surface area contributed by atoms with Crippen LogP contribution in [0.3, 0.4) is 0 Å². The summed E-state index contributed by atoms with van der Waals surface area (Å²) in [4.78, 5) is 25.2. The Morgan fingerprint density at radius 1 is 1.21 bits per heavy atom. The topological polar surface area (TPSA) is 98.8 Å². The van der Waals surface area contributed by atoms with Crippen molar-refractivity contribution in [3.05, 3.63) is 29.8 Å². The lowest BCUT2D eigenvalue weighted by Crippen LogP contribution is -2.46. The van der Waals surface area contributed by atoms with Crippen LogP contribution < -0.4 is 10.6 Å². The standard InChI is InChI=1S/C19H30N4O4S/c1-5-14(2)20-19(25)16-8-6-7-9-17(16)21-18(24)15-10-12-23(13-11-15)28(26,27)22(3)4/h6-9,14-15H,5,10-13H2,1-4H3,(H,20,25)(H,21,24). The first-order chi connectivity index (χ1) is 13.2. The third-order valence-corrected chi connectivity index (χ3v) is 6.97. The summed E-state index contributed by atoms with van der Waals surface area (Å²) in [7, 11) is -0.467. The number of hydrogen-bond donors (Lipinski definition) is 2. The van der Waals surface area contributed by atoms with Crippen molar-refractivity contribution >= 4 is 27.7 Å². The number of carbonyl (C=O) groups excluding carboxylic acids is 2. The molecule has 1 aromatic carbocycles. The van der Waals surface area contributed by atoms with Gasteiger partial charge in [-0.3, -0.25) is 9.59 Å². The second kappa shape index (κ2) is 9.49. The number of carbonyl (C=O) groups is 2. The molecule has 1 saturated heterocycles. The lowest BCUT2D eigenvalue weighted by Gasteiger charge is -2.32. The summed E-state index contributed by atoms with van der Waals surface area (Å²) in [5.74, 6) is -0.706. The van der Waals surface area contributed by atoms with Gasteiger partial charge in [0.1, 0.15) is 0 Å². The average molecular weight is 411 g/mol. The van der Waals surface area contributed by atoms with Crippen molar-refractivity contribution in [1.82, 2.24) is 13.9 Å². The van der Waals surface area contributed by atoms with E-state index in [4.69, 9.17) is 0 Å². The SMILES string of the molecule is CCC(C)NC(=O)c1ccccc1NC(=O)C1CCN(S(=O)(=O)N(C)C)CC1. The van der Waals surface area contributed by atoms with Gasteiger partial charge in [0, 0.05) is 39.1 Å². The smallest absolute Gasteiger partial charge is 0.281 e. The van der Waals surface area contributed by atoms with Gasteiger partial charge < -0.3 is 10.6 Å². The fraction of sp³-hybridized carbons (Fsp3) is 0.579. The summed E-state index contributed by atoms with van der Waals surface area (Å²) in [6, 6.07) is 6.95.